The number of fused-ring (bicyclic) bond motifs is 5. The number of likely N-dealkylation sites (N-methyl/N-ethyl adjacent to an activating group) is 1. The summed E-state index contributed by atoms with van der Waals surface area (Å²) in [7, 11) is 4.41. The second-order valence-electron chi connectivity index (χ2n) is 11.0. The van der Waals surface area contributed by atoms with Crippen LogP contribution in [-0.4, -0.2) is 109 Å². The van der Waals surface area contributed by atoms with E-state index in [9.17, 15) is 29.1 Å². The Kier molecular flexibility index (Phi) is 7.25. The van der Waals surface area contributed by atoms with Crippen molar-refractivity contribution in [2.45, 2.75) is 64.4 Å². The van der Waals surface area contributed by atoms with Crippen LogP contribution in [0.1, 0.15) is 34.1 Å². The predicted octanol–water partition coefficient (Wildman–Crippen LogP) is 0.733. The molecule has 0 saturated carbocycles. The number of hydrogen-bond acceptors (Lipinski definition) is 11. The quantitative estimate of drug-likeness (QED) is 0.286. The third-order valence-corrected chi connectivity index (χ3v) is 9.19. The van der Waals surface area contributed by atoms with Crippen LogP contribution in [0.4, 0.5) is 0 Å². The highest BCUT2D eigenvalue weighted by molar-refractivity contribution is 6.26. The van der Waals surface area contributed by atoms with E-state index >= 15 is 0 Å². The first-order valence-corrected chi connectivity index (χ1v) is 13.5. The second kappa shape index (κ2) is 10.3. The fraction of sp³-hybridized carbons (Fsp3) is 0.500. The first-order chi connectivity index (χ1) is 19.4. The molecule has 1 N–H and O–H groups in total. The molecule has 2 bridgehead atoms. The molecular weight excluding hydrogens is 532 g/mol. The maximum Gasteiger partial charge on any atom is 0.333 e. The Hall–Kier alpha value is -3.67. The van der Waals surface area contributed by atoms with Gasteiger partial charge in [0.1, 0.15) is 6.61 Å². The topological polar surface area (TPSA) is 140 Å². The molecule has 5 aliphatic rings. The zero-order valence-electron chi connectivity index (χ0n) is 24.2. The summed E-state index contributed by atoms with van der Waals surface area (Å²) in [4.78, 5) is 71.0. The van der Waals surface area contributed by atoms with Crippen molar-refractivity contribution >= 4 is 29.1 Å². The zero-order valence-corrected chi connectivity index (χ0v) is 24.2. The van der Waals surface area contributed by atoms with E-state index in [1.807, 2.05) is 9.80 Å². The molecule has 11 nitrogen and oxygen atoms in total. The Bertz CT molecular complexity index is 1460. The van der Waals surface area contributed by atoms with Crippen LogP contribution in [0, 0.1) is 0 Å². The average molecular weight is 567 g/mol. The minimum atomic E-state index is -1.29. The minimum Gasteiger partial charge on any atom is -0.492 e. The maximum atomic E-state index is 13.8. The fourth-order valence-electron chi connectivity index (χ4n) is 6.94. The van der Waals surface area contributed by atoms with Gasteiger partial charge in [-0.1, -0.05) is 6.08 Å². The molecule has 0 amide bonds. The van der Waals surface area contributed by atoms with Gasteiger partial charge in [0.25, 0.3) is 0 Å². The van der Waals surface area contributed by atoms with Gasteiger partial charge < -0.3 is 19.3 Å². The molecule has 5 atom stereocenters. The van der Waals surface area contributed by atoms with Crippen LogP contribution in [0.2, 0.25) is 0 Å². The summed E-state index contributed by atoms with van der Waals surface area (Å²) in [5, 5.41) is 11.5. The summed E-state index contributed by atoms with van der Waals surface area (Å²) in [6.07, 6.45) is 0.426. The molecule has 5 rings (SSSR count). The van der Waals surface area contributed by atoms with E-state index in [2.05, 4.69) is 0 Å². The van der Waals surface area contributed by atoms with Gasteiger partial charge in [-0.05, 0) is 41.2 Å². The van der Waals surface area contributed by atoms with Gasteiger partial charge in [0, 0.05) is 51.6 Å². The average Bonchev–Trinajstić information content (AvgIpc) is 2.95. The summed E-state index contributed by atoms with van der Waals surface area (Å²) >= 11 is 0. The van der Waals surface area contributed by atoms with Gasteiger partial charge in [-0.25, -0.2) is 4.79 Å². The number of rotatable bonds is 5. The Balaban J connectivity index is 1.66. The first kappa shape index (κ1) is 28.8. The lowest BCUT2D eigenvalue weighted by Gasteiger charge is -2.59. The fourth-order valence-corrected chi connectivity index (χ4v) is 6.94. The molecule has 41 heavy (non-hydrogen) atoms. The van der Waals surface area contributed by atoms with Crippen LogP contribution in [0.15, 0.2) is 56.6 Å². The highest BCUT2D eigenvalue weighted by Gasteiger charge is 2.58. The van der Waals surface area contributed by atoms with Crippen molar-refractivity contribution in [3.05, 3.63) is 56.6 Å². The number of ether oxygens (including phenoxy) is 3. The summed E-state index contributed by atoms with van der Waals surface area (Å²) < 4.78 is 16.3. The van der Waals surface area contributed by atoms with Crippen LogP contribution in [0.3, 0.4) is 0 Å². The number of carbonyl (C=O) groups excluding carboxylic acids is 5. The number of nitrogens with zero attached hydrogens (tertiary/aromatic N) is 2. The van der Waals surface area contributed by atoms with Crippen molar-refractivity contribution < 1.29 is 43.3 Å². The van der Waals surface area contributed by atoms with Crippen LogP contribution < -0.4 is 0 Å². The van der Waals surface area contributed by atoms with Gasteiger partial charge in [-0.15, -0.1) is 0 Å². The molecule has 11 heteroatoms. The van der Waals surface area contributed by atoms with E-state index in [0.29, 0.717) is 5.57 Å². The van der Waals surface area contributed by atoms with Crippen molar-refractivity contribution in [2.24, 2.45) is 0 Å². The zero-order chi connectivity index (χ0) is 30.1. The lowest BCUT2D eigenvalue weighted by Crippen LogP contribution is -2.73. The number of hydrogen-bond donors (Lipinski definition) is 1. The predicted molar refractivity (Wildman–Crippen MR) is 144 cm³/mol. The first-order valence-electron chi connectivity index (χ1n) is 13.5. The lowest BCUT2D eigenvalue weighted by atomic mass is 9.68. The molecule has 3 aliphatic heterocycles. The van der Waals surface area contributed by atoms with Gasteiger partial charge in [0.2, 0.25) is 11.6 Å². The van der Waals surface area contributed by atoms with Gasteiger partial charge in [-0.3, -0.25) is 29.0 Å². The largest absolute Gasteiger partial charge is 0.492 e. The van der Waals surface area contributed by atoms with Crippen molar-refractivity contribution in [3.8, 4) is 0 Å². The van der Waals surface area contributed by atoms with Gasteiger partial charge in [0.15, 0.2) is 23.1 Å². The number of allylic oxidation sites excluding steroid dienone is 5. The number of aliphatic hydroxyl groups is 1. The number of esters is 1. The van der Waals surface area contributed by atoms with Crippen LogP contribution in [-0.2, 0) is 38.2 Å². The van der Waals surface area contributed by atoms with E-state index in [1.165, 1.54) is 28.1 Å². The summed E-state index contributed by atoms with van der Waals surface area (Å²) in [6, 6.07) is -2.73. The molecule has 0 radical (unpaired) electrons. The molecule has 0 aromatic carbocycles. The van der Waals surface area contributed by atoms with E-state index in [-0.39, 0.29) is 70.3 Å². The van der Waals surface area contributed by atoms with Crippen LogP contribution >= 0.6 is 0 Å². The number of carbonyl (C=O) groups is 5. The van der Waals surface area contributed by atoms with E-state index < -0.39 is 53.6 Å². The van der Waals surface area contributed by atoms with Crippen molar-refractivity contribution in [2.75, 3.05) is 34.4 Å². The highest BCUT2D eigenvalue weighted by atomic mass is 16.5. The molecule has 3 heterocycles. The molecular formula is C30H34N2O9. The number of Topliss-reactive ketones (excluding diaryl/α,β-unsaturated/α-hetero) is 4. The molecule has 0 spiro atoms. The Morgan fingerprint density at radius 3 is 2.10 bits per heavy atom. The summed E-state index contributed by atoms with van der Waals surface area (Å²) in [6.45, 7) is 6.29. The smallest absolute Gasteiger partial charge is 0.333 e. The van der Waals surface area contributed by atoms with Crippen molar-refractivity contribution in [1.29, 1.82) is 0 Å². The van der Waals surface area contributed by atoms with Crippen LogP contribution in [0.5, 0.6) is 0 Å². The monoisotopic (exact) mass is 566 g/mol. The molecule has 0 aromatic rings. The molecule has 218 valence electrons. The highest BCUT2D eigenvalue weighted by Crippen LogP contribution is 2.47. The number of ketones is 4. The lowest BCUT2D eigenvalue weighted by molar-refractivity contribution is -0.143. The normalized spacial score (nSPS) is 30.9. The Morgan fingerprint density at radius 1 is 0.927 bits per heavy atom. The van der Waals surface area contributed by atoms with Gasteiger partial charge >= 0.3 is 5.97 Å². The second-order valence-corrected chi connectivity index (χ2v) is 11.0. The van der Waals surface area contributed by atoms with Crippen LogP contribution in [0.25, 0.3) is 0 Å². The van der Waals surface area contributed by atoms with Crippen molar-refractivity contribution in [3.63, 3.8) is 0 Å². The molecule has 1 fully saturated rings. The third-order valence-electron chi connectivity index (χ3n) is 9.19. The SMILES string of the molecule is C/C=C(/C)C(=O)OC[C@H]1C2=C(C[C@@H]3[C@H]4C5=C(C(=O)C(C)=C(OC)C5=O)[C@@H](O)[C@@H](CN31)N4C)C(=O)C(C)=C(OC)C2=O. The number of piperazine rings is 1. The van der Waals surface area contributed by atoms with Gasteiger partial charge in [-0.2, -0.15) is 0 Å². The molecule has 2 aliphatic carbocycles. The Morgan fingerprint density at radius 2 is 1.51 bits per heavy atom. The minimum absolute atomic E-state index is 0.0521. The molecule has 0 aromatic heterocycles. The summed E-state index contributed by atoms with van der Waals surface area (Å²) in [5.41, 5.74) is 1.33. The maximum absolute atomic E-state index is 13.8. The third kappa shape index (κ3) is 4.01. The Labute approximate surface area is 237 Å². The van der Waals surface area contributed by atoms with Gasteiger partial charge in [0.05, 0.1) is 38.4 Å². The number of aliphatic hydroxyl groups excluding tert-OH is 1. The van der Waals surface area contributed by atoms with E-state index in [0.717, 1.165) is 0 Å². The van der Waals surface area contributed by atoms with E-state index in [1.54, 1.807) is 27.0 Å². The van der Waals surface area contributed by atoms with Crippen molar-refractivity contribution in [1.82, 2.24) is 9.80 Å². The van der Waals surface area contributed by atoms with E-state index in [4.69, 9.17) is 14.2 Å². The molecule has 0 unspecified atom stereocenters. The standard InChI is InChI=1S/C30H34N2O9/c1-8-12(2)30(38)41-11-18-19-15(23(33)13(3)28(39-6)26(19)36)9-16-22-20-21(24(34)14(4)29(40-7)27(20)37)25(35)17(31(22)5)10-32(16)18/h8,16-18,22,25,35H,9-11H2,1-7H3/b12-8-/t16-,17-,18+,22+,25+/m1/s1. The molecule has 1 saturated heterocycles. The summed E-state index contributed by atoms with van der Waals surface area (Å²) in [5.74, 6) is -2.47. The number of methoxy groups -OCH3 is 2.